The van der Waals surface area contributed by atoms with Gasteiger partial charge in [0.1, 0.15) is 5.69 Å². The topological polar surface area (TPSA) is 110 Å². The van der Waals surface area contributed by atoms with Crippen LogP contribution in [-0.4, -0.2) is 55.4 Å². The highest BCUT2D eigenvalue weighted by Gasteiger charge is 2.51. The van der Waals surface area contributed by atoms with E-state index in [0.717, 1.165) is 31.4 Å². The van der Waals surface area contributed by atoms with Gasteiger partial charge in [-0.3, -0.25) is 0 Å². The molecule has 2 bridgehead atoms. The van der Waals surface area contributed by atoms with E-state index in [1.54, 1.807) is 12.4 Å². The minimum atomic E-state index is -0.226. The highest BCUT2D eigenvalue weighted by atomic mass is 16.5. The molecule has 152 valence electrons. The highest BCUT2D eigenvalue weighted by Crippen LogP contribution is 2.49. The van der Waals surface area contributed by atoms with E-state index in [-0.39, 0.29) is 23.7 Å². The molecule has 1 saturated heterocycles. The summed E-state index contributed by atoms with van der Waals surface area (Å²) in [5, 5.41) is 24.8. The first-order chi connectivity index (χ1) is 13.5. The van der Waals surface area contributed by atoms with Crippen LogP contribution >= 0.6 is 0 Å². The highest BCUT2D eigenvalue weighted by molar-refractivity contribution is 5.58. The van der Waals surface area contributed by atoms with Crippen molar-refractivity contribution in [2.45, 2.75) is 57.7 Å². The summed E-state index contributed by atoms with van der Waals surface area (Å²) in [6.07, 6.45) is 9.30. The third-order valence-corrected chi connectivity index (χ3v) is 5.86. The quantitative estimate of drug-likeness (QED) is 0.631. The fourth-order valence-corrected chi connectivity index (χ4v) is 4.24. The zero-order valence-electron chi connectivity index (χ0n) is 16.6. The number of aliphatic hydroxyl groups is 1. The van der Waals surface area contributed by atoms with Gasteiger partial charge in [-0.05, 0) is 39.5 Å². The normalized spacial score (nSPS) is 26.6. The van der Waals surface area contributed by atoms with Gasteiger partial charge < -0.3 is 20.5 Å². The molecule has 3 N–H and O–H groups in total. The molecular formula is C19H29N7O2. The van der Waals surface area contributed by atoms with Crippen molar-refractivity contribution in [3.8, 4) is 0 Å². The number of ether oxygens (including phenoxy) is 1. The van der Waals surface area contributed by atoms with E-state index >= 15 is 0 Å². The summed E-state index contributed by atoms with van der Waals surface area (Å²) in [6, 6.07) is 0.280. The molecule has 2 aliphatic rings. The van der Waals surface area contributed by atoms with Crippen LogP contribution in [0.2, 0.25) is 0 Å². The van der Waals surface area contributed by atoms with Gasteiger partial charge in [-0.15, -0.1) is 5.10 Å². The van der Waals surface area contributed by atoms with Crippen LogP contribution < -0.4 is 10.6 Å². The Hall–Kier alpha value is -2.26. The van der Waals surface area contributed by atoms with Crippen molar-refractivity contribution in [1.82, 2.24) is 25.0 Å². The first-order valence-corrected chi connectivity index (χ1v) is 9.97. The van der Waals surface area contributed by atoms with Crippen LogP contribution in [0.15, 0.2) is 18.6 Å². The minimum absolute atomic E-state index is 0.0639. The van der Waals surface area contributed by atoms with Gasteiger partial charge in [0.2, 0.25) is 0 Å². The molecule has 0 radical (unpaired) electrons. The monoisotopic (exact) mass is 387 g/mol. The number of rotatable bonds is 8. The van der Waals surface area contributed by atoms with E-state index < -0.39 is 0 Å². The van der Waals surface area contributed by atoms with Gasteiger partial charge in [0.25, 0.3) is 0 Å². The maximum atomic E-state index is 9.78. The van der Waals surface area contributed by atoms with Crippen molar-refractivity contribution in [2.75, 3.05) is 30.4 Å². The summed E-state index contributed by atoms with van der Waals surface area (Å²) < 4.78 is 8.00. The van der Waals surface area contributed by atoms with Gasteiger partial charge in [-0.2, -0.15) is 0 Å². The van der Waals surface area contributed by atoms with Gasteiger partial charge in [0.05, 0.1) is 31.6 Å². The molecule has 2 unspecified atom stereocenters. The molecule has 4 rings (SSSR count). The molecule has 3 heterocycles. The Morgan fingerprint density at radius 3 is 2.71 bits per heavy atom. The number of anilines is 2. The molecule has 0 spiro atoms. The number of hydrogen-bond donors (Lipinski definition) is 3. The van der Waals surface area contributed by atoms with Crippen molar-refractivity contribution in [1.29, 1.82) is 0 Å². The molecule has 1 aliphatic heterocycles. The summed E-state index contributed by atoms with van der Waals surface area (Å²) in [5.41, 5.74) is 0.560. The smallest absolute Gasteiger partial charge is 0.169 e. The Labute approximate surface area is 164 Å². The van der Waals surface area contributed by atoms with E-state index in [0.29, 0.717) is 31.3 Å². The van der Waals surface area contributed by atoms with Crippen LogP contribution in [0, 0.1) is 5.41 Å². The fraction of sp³-hybridized carbons (Fsp3) is 0.684. The predicted molar refractivity (Wildman–Crippen MR) is 105 cm³/mol. The molecule has 1 aliphatic carbocycles. The Balaban J connectivity index is 1.39. The molecule has 0 aromatic carbocycles. The SMILES string of the molecule is CC(C)n1cc(CNc2nccnc2NCC23CCCC(CO)(CO2)C3)nn1. The van der Waals surface area contributed by atoms with E-state index in [4.69, 9.17) is 4.74 Å². The number of aliphatic hydroxyl groups excluding tert-OH is 1. The van der Waals surface area contributed by atoms with Crippen molar-refractivity contribution in [3.05, 3.63) is 24.3 Å². The van der Waals surface area contributed by atoms with Crippen LogP contribution in [0.3, 0.4) is 0 Å². The lowest BCUT2D eigenvalue weighted by Crippen LogP contribution is -2.41. The lowest BCUT2D eigenvalue weighted by atomic mass is 9.71. The Morgan fingerprint density at radius 1 is 1.21 bits per heavy atom. The van der Waals surface area contributed by atoms with E-state index in [1.807, 2.05) is 10.9 Å². The van der Waals surface area contributed by atoms with Gasteiger partial charge in [-0.1, -0.05) is 5.21 Å². The Bertz CT molecular complexity index is 811. The lowest BCUT2D eigenvalue weighted by Gasteiger charge is -2.36. The standard InChI is InChI=1S/C19H29N7O2/c1-14(2)26-9-15(24-25-26)8-22-16-17(21-7-6-20-16)23-11-19-5-3-4-18(10-19,12-27)13-28-19/h6-7,9,14,27H,3-5,8,10-13H2,1-2H3,(H,20,22)(H,21,23). The minimum Gasteiger partial charge on any atom is -0.396 e. The van der Waals surface area contributed by atoms with E-state index in [2.05, 4.69) is 44.8 Å². The third-order valence-electron chi connectivity index (χ3n) is 5.86. The fourth-order valence-electron chi connectivity index (χ4n) is 4.24. The number of nitrogens with zero attached hydrogens (tertiary/aromatic N) is 5. The summed E-state index contributed by atoms with van der Waals surface area (Å²) in [4.78, 5) is 8.86. The van der Waals surface area contributed by atoms with Crippen LogP contribution in [0.1, 0.15) is 51.3 Å². The van der Waals surface area contributed by atoms with E-state index in [1.165, 1.54) is 0 Å². The molecule has 0 amide bonds. The summed E-state index contributed by atoms with van der Waals surface area (Å²) in [6.45, 7) is 6.16. The van der Waals surface area contributed by atoms with Crippen molar-refractivity contribution >= 4 is 11.6 Å². The van der Waals surface area contributed by atoms with Crippen molar-refractivity contribution in [3.63, 3.8) is 0 Å². The summed E-state index contributed by atoms with van der Waals surface area (Å²) >= 11 is 0. The second kappa shape index (κ2) is 7.63. The number of fused-ring (bicyclic) bond motifs is 2. The van der Waals surface area contributed by atoms with Crippen molar-refractivity contribution in [2.24, 2.45) is 5.41 Å². The van der Waals surface area contributed by atoms with Gasteiger partial charge in [0.15, 0.2) is 11.6 Å². The second-order valence-corrected chi connectivity index (χ2v) is 8.40. The van der Waals surface area contributed by atoms with Gasteiger partial charge in [-0.25, -0.2) is 14.6 Å². The van der Waals surface area contributed by atoms with E-state index in [9.17, 15) is 5.11 Å². The molecule has 1 saturated carbocycles. The molecule has 9 nitrogen and oxygen atoms in total. The molecule has 2 aromatic rings. The first-order valence-electron chi connectivity index (χ1n) is 9.97. The summed E-state index contributed by atoms with van der Waals surface area (Å²) in [5.74, 6) is 1.38. The number of hydrogen-bond acceptors (Lipinski definition) is 8. The Kier molecular flexibility index (Phi) is 5.20. The second-order valence-electron chi connectivity index (χ2n) is 8.40. The van der Waals surface area contributed by atoms with Crippen LogP contribution in [0.25, 0.3) is 0 Å². The van der Waals surface area contributed by atoms with Crippen LogP contribution in [0.4, 0.5) is 11.6 Å². The predicted octanol–water partition coefficient (Wildman–Crippen LogP) is 1.99. The average molecular weight is 387 g/mol. The zero-order chi connectivity index (χ0) is 19.6. The molecule has 2 atom stereocenters. The van der Waals surface area contributed by atoms with Crippen LogP contribution in [0.5, 0.6) is 0 Å². The largest absolute Gasteiger partial charge is 0.396 e. The average Bonchev–Trinajstić information content (AvgIpc) is 3.29. The van der Waals surface area contributed by atoms with Crippen LogP contribution in [-0.2, 0) is 11.3 Å². The number of aromatic nitrogens is 5. The maximum absolute atomic E-state index is 9.78. The first kappa shape index (κ1) is 19.1. The van der Waals surface area contributed by atoms with Gasteiger partial charge >= 0.3 is 0 Å². The number of nitrogens with one attached hydrogen (secondary N) is 2. The molecule has 2 aromatic heterocycles. The lowest BCUT2D eigenvalue weighted by molar-refractivity contribution is 0.00952. The third kappa shape index (κ3) is 3.81. The van der Waals surface area contributed by atoms with Gasteiger partial charge in [0, 0.05) is 30.4 Å². The molecular weight excluding hydrogens is 358 g/mol. The maximum Gasteiger partial charge on any atom is 0.169 e. The Morgan fingerprint density at radius 2 is 2.00 bits per heavy atom. The zero-order valence-corrected chi connectivity index (χ0v) is 16.6. The molecule has 9 heteroatoms. The molecule has 28 heavy (non-hydrogen) atoms. The summed E-state index contributed by atoms with van der Waals surface area (Å²) in [7, 11) is 0. The molecule has 2 fully saturated rings. The van der Waals surface area contributed by atoms with Crippen molar-refractivity contribution < 1.29 is 9.84 Å².